The minimum atomic E-state index is -2.82. The highest BCUT2D eigenvalue weighted by Crippen LogP contribution is 2.34. The molecular formula is C19H18F2N2. The highest BCUT2D eigenvalue weighted by Gasteiger charge is 2.29. The Morgan fingerprint density at radius 3 is 2.43 bits per heavy atom. The number of para-hydroxylation sites is 1. The summed E-state index contributed by atoms with van der Waals surface area (Å²) in [4.78, 5) is 0. The number of aromatic nitrogens is 2. The fourth-order valence-electron chi connectivity index (χ4n) is 2.58. The van der Waals surface area contributed by atoms with Gasteiger partial charge in [0.25, 0.3) is 5.92 Å². The van der Waals surface area contributed by atoms with E-state index in [2.05, 4.69) is 5.10 Å². The molecule has 1 aromatic heterocycles. The van der Waals surface area contributed by atoms with Crippen LogP contribution in [0.2, 0.25) is 0 Å². The molecule has 0 radical (unpaired) electrons. The second-order valence-corrected chi connectivity index (χ2v) is 5.56. The van der Waals surface area contributed by atoms with E-state index in [1.54, 1.807) is 16.8 Å². The van der Waals surface area contributed by atoms with Gasteiger partial charge in [0.15, 0.2) is 0 Å². The van der Waals surface area contributed by atoms with Crippen LogP contribution in [0.3, 0.4) is 0 Å². The summed E-state index contributed by atoms with van der Waals surface area (Å²) in [5, 5.41) is 4.50. The van der Waals surface area contributed by atoms with E-state index in [0.29, 0.717) is 0 Å². The van der Waals surface area contributed by atoms with E-state index in [1.807, 2.05) is 49.4 Å². The number of alkyl halides is 2. The molecular weight excluding hydrogens is 294 g/mol. The summed E-state index contributed by atoms with van der Waals surface area (Å²) in [5.41, 5.74) is 3.33. The van der Waals surface area contributed by atoms with Gasteiger partial charge in [-0.15, -0.1) is 0 Å². The van der Waals surface area contributed by atoms with Crippen LogP contribution < -0.4 is 0 Å². The zero-order valence-electron chi connectivity index (χ0n) is 13.1. The normalized spacial score (nSPS) is 11.7. The molecule has 0 aliphatic heterocycles. The van der Waals surface area contributed by atoms with Gasteiger partial charge in [0.2, 0.25) is 0 Å². The van der Waals surface area contributed by atoms with E-state index in [9.17, 15) is 8.78 Å². The van der Waals surface area contributed by atoms with Crippen molar-refractivity contribution >= 4 is 0 Å². The number of benzene rings is 2. The Morgan fingerprint density at radius 2 is 1.74 bits per heavy atom. The first-order valence-electron chi connectivity index (χ1n) is 7.62. The van der Waals surface area contributed by atoms with E-state index < -0.39 is 5.92 Å². The summed E-state index contributed by atoms with van der Waals surface area (Å²) < 4.78 is 29.8. The molecule has 2 aromatic carbocycles. The molecule has 4 heteroatoms. The summed E-state index contributed by atoms with van der Waals surface area (Å²) >= 11 is 0. The second-order valence-electron chi connectivity index (χ2n) is 5.56. The fraction of sp³-hybridized carbons (Fsp3) is 0.211. The predicted molar refractivity (Wildman–Crippen MR) is 87.9 cm³/mol. The van der Waals surface area contributed by atoms with Gasteiger partial charge in [0.05, 0.1) is 17.1 Å². The zero-order valence-corrected chi connectivity index (χ0v) is 13.1. The SMILES string of the molecule is CCC(F)(F)c1cccc(-c2cc(C)nn2-c2ccccc2)c1. The molecule has 0 N–H and O–H groups in total. The second kappa shape index (κ2) is 5.95. The van der Waals surface area contributed by atoms with Gasteiger partial charge < -0.3 is 0 Å². The van der Waals surface area contributed by atoms with Crippen LogP contribution in [0.15, 0.2) is 60.7 Å². The number of hydrogen-bond donors (Lipinski definition) is 0. The Kier molecular flexibility index (Phi) is 3.99. The third-order valence-corrected chi connectivity index (χ3v) is 3.86. The molecule has 0 aliphatic rings. The van der Waals surface area contributed by atoms with Crippen molar-refractivity contribution < 1.29 is 8.78 Å². The maximum absolute atomic E-state index is 14.0. The third-order valence-electron chi connectivity index (χ3n) is 3.86. The number of rotatable bonds is 4. The fourth-order valence-corrected chi connectivity index (χ4v) is 2.58. The highest BCUT2D eigenvalue weighted by molar-refractivity contribution is 5.63. The van der Waals surface area contributed by atoms with Gasteiger partial charge in [-0.3, -0.25) is 0 Å². The first kappa shape index (κ1) is 15.4. The van der Waals surface area contributed by atoms with Crippen molar-refractivity contribution in [2.45, 2.75) is 26.2 Å². The van der Waals surface area contributed by atoms with Gasteiger partial charge in [-0.1, -0.05) is 43.3 Å². The molecule has 0 unspecified atom stereocenters. The number of aryl methyl sites for hydroxylation is 1. The van der Waals surface area contributed by atoms with Crippen LogP contribution >= 0.6 is 0 Å². The maximum atomic E-state index is 14.0. The Morgan fingerprint density at radius 1 is 1.00 bits per heavy atom. The lowest BCUT2D eigenvalue weighted by atomic mass is 10.0. The van der Waals surface area contributed by atoms with Gasteiger partial charge in [-0.25, -0.2) is 13.5 Å². The van der Waals surface area contributed by atoms with Gasteiger partial charge in [0, 0.05) is 17.5 Å². The minimum absolute atomic E-state index is 0.0379. The summed E-state index contributed by atoms with van der Waals surface area (Å²) in [7, 11) is 0. The molecule has 0 amide bonds. The molecule has 0 spiro atoms. The summed E-state index contributed by atoms with van der Waals surface area (Å²) in [6.07, 6.45) is -0.215. The molecule has 0 saturated carbocycles. The molecule has 3 aromatic rings. The molecule has 0 saturated heterocycles. The topological polar surface area (TPSA) is 17.8 Å². The Labute approximate surface area is 134 Å². The summed E-state index contributed by atoms with van der Waals surface area (Å²) in [5.74, 6) is -2.82. The van der Waals surface area contributed by atoms with Crippen molar-refractivity contribution in [2.75, 3.05) is 0 Å². The van der Waals surface area contributed by atoms with Crippen LogP contribution in [0.1, 0.15) is 24.6 Å². The highest BCUT2D eigenvalue weighted by atomic mass is 19.3. The molecule has 0 bridgehead atoms. The Bertz CT molecular complexity index is 807. The van der Waals surface area contributed by atoms with Gasteiger partial charge in [-0.05, 0) is 31.2 Å². The molecule has 0 aliphatic carbocycles. The molecule has 23 heavy (non-hydrogen) atoms. The average Bonchev–Trinajstić information content (AvgIpc) is 2.98. The standard InChI is InChI=1S/C19H18F2N2/c1-3-19(20,21)16-9-7-8-15(13-16)18-12-14(2)22-23(18)17-10-5-4-6-11-17/h4-13H,3H2,1-2H3. The number of hydrogen-bond acceptors (Lipinski definition) is 1. The van der Waals surface area contributed by atoms with E-state index in [1.165, 1.54) is 13.0 Å². The van der Waals surface area contributed by atoms with Crippen LogP contribution in [0.25, 0.3) is 16.9 Å². The Balaban J connectivity index is 2.12. The van der Waals surface area contributed by atoms with Crippen molar-refractivity contribution in [1.82, 2.24) is 9.78 Å². The van der Waals surface area contributed by atoms with Crippen molar-refractivity contribution in [3.63, 3.8) is 0 Å². The molecule has 118 valence electrons. The van der Waals surface area contributed by atoms with E-state index in [4.69, 9.17) is 0 Å². The Hall–Kier alpha value is -2.49. The van der Waals surface area contributed by atoms with Gasteiger partial charge in [0.1, 0.15) is 0 Å². The third kappa shape index (κ3) is 3.02. The lowest BCUT2D eigenvalue weighted by molar-refractivity contribution is -0.00824. The quantitative estimate of drug-likeness (QED) is 0.635. The van der Waals surface area contributed by atoms with Crippen LogP contribution in [0, 0.1) is 6.92 Å². The van der Waals surface area contributed by atoms with E-state index in [0.717, 1.165) is 22.6 Å². The summed E-state index contributed by atoms with van der Waals surface area (Å²) in [6, 6.07) is 18.1. The predicted octanol–water partition coefficient (Wildman–Crippen LogP) is 5.35. The number of halogens is 2. The van der Waals surface area contributed by atoms with Crippen molar-refractivity contribution in [3.05, 3.63) is 71.9 Å². The van der Waals surface area contributed by atoms with Crippen molar-refractivity contribution in [2.24, 2.45) is 0 Å². The average molecular weight is 312 g/mol. The molecule has 0 atom stereocenters. The first-order chi connectivity index (χ1) is 11.0. The van der Waals surface area contributed by atoms with Gasteiger partial charge >= 0.3 is 0 Å². The molecule has 3 rings (SSSR count). The van der Waals surface area contributed by atoms with E-state index in [-0.39, 0.29) is 12.0 Å². The van der Waals surface area contributed by atoms with Crippen LogP contribution in [0.4, 0.5) is 8.78 Å². The van der Waals surface area contributed by atoms with Crippen LogP contribution in [-0.4, -0.2) is 9.78 Å². The summed E-state index contributed by atoms with van der Waals surface area (Å²) in [6.45, 7) is 3.39. The van der Waals surface area contributed by atoms with Crippen LogP contribution in [0.5, 0.6) is 0 Å². The minimum Gasteiger partial charge on any atom is -0.233 e. The molecule has 1 heterocycles. The number of nitrogens with zero attached hydrogens (tertiary/aromatic N) is 2. The molecule has 2 nitrogen and oxygen atoms in total. The monoisotopic (exact) mass is 312 g/mol. The lowest BCUT2D eigenvalue weighted by Crippen LogP contribution is -2.11. The van der Waals surface area contributed by atoms with Gasteiger partial charge in [-0.2, -0.15) is 5.10 Å². The largest absolute Gasteiger partial charge is 0.273 e. The lowest BCUT2D eigenvalue weighted by Gasteiger charge is -2.15. The maximum Gasteiger partial charge on any atom is 0.273 e. The van der Waals surface area contributed by atoms with Crippen LogP contribution in [-0.2, 0) is 5.92 Å². The smallest absolute Gasteiger partial charge is 0.233 e. The first-order valence-corrected chi connectivity index (χ1v) is 7.62. The van der Waals surface area contributed by atoms with E-state index >= 15 is 0 Å². The van der Waals surface area contributed by atoms with Crippen molar-refractivity contribution in [1.29, 1.82) is 0 Å². The zero-order chi connectivity index (χ0) is 16.4. The molecule has 0 fully saturated rings. The van der Waals surface area contributed by atoms with Crippen molar-refractivity contribution in [3.8, 4) is 16.9 Å².